The van der Waals surface area contributed by atoms with Gasteiger partial charge in [0.25, 0.3) is 0 Å². The minimum absolute atomic E-state index is 0.136. The number of alkyl halides is 3. The Kier molecular flexibility index (Phi) is 6.35. The Morgan fingerprint density at radius 2 is 1.80 bits per heavy atom. The minimum Gasteiger partial charge on any atom is -0.382 e. The van der Waals surface area contributed by atoms with Gasteiger partial charge in [-0.1, -0.05) is 6.92 Å². The molecule has 1 aromatic heterocycles. The molecule has 0 aliphatic carbocycles. The normalized spacial score (nSPS) is 12.5. The van der Waals surface area contributed by atoms with Crippen molar-refractivity contribution in [1.29, 1.82) is 0 Å². The zero-order chi connectivity index (χ0) is 18.4. The maximum Gasteiger partial charge on any atom is 0.416 e. The lowest BCUT2D eigenvalue weighted by molar-refractivity contribution is -0.137. The summed E-state index contributed by atoms with van der Waals surface area (Å²) in [5.74, 6) is -0.0915. The van der Waals surface area contributed by atoms with Crippen LogP contribution in [0.3, 0.4) is 0 Å². The quantitative estimate of drug-likeness (QED) is 0.728. The Hall–Kier alpha value is -2.16. The Labute approximate surface area is 151 Å². The third-order valence-electron chi connectivity index (χ3n) is 3.38. The topological polar surface area (TPSA) is 66.9 Å². The third kappa shape index (κ3) is 6.00. The van der Waals surface area contributed by atoms with E-state index >= 15 is 0 Å². The lowest BCUT2D eigenvalue weighted by atomic mass is 10.1. The molecule has 0 unspecified atom stereocenters. The molecule has 2 N–H and O–H groups in total. The second-order valence-electron chi connectivity index (χ2n) is 5.30. The first-order valence-electron chi connectivity index (χ1n) is 7.49. The maximum atomic E-state index is 12.6. The summed E-state index contributed by atoms with van der Waals surface area (Å²) in [6.07, 6.45) is -0.583. The van der Waals surface area contributed by atoms with Crippen LogP contribution < -0.4 is 10.6 Å². The van der Waals surface area contributed by atoms with Crippen molar-refractivity contribution in [2.24, 2.45) is 0 Å². The van der Waals surface area contributed by atoms with Crippen LogP contribution in [0.5, 0.6) is 0 Å². The van der Waals surface area contributed by atoms with E-state index in [1.54, 1.807) is 0 Å². The molecule has 0 bridgehead atoms. The molecule has 2 aromatic rings. The highest BCUT2D eigenvalue weighted by atomic mass is 79.9. The molecule has 9 heteroatoms. The molecule has 1 atom stereocenters. The Balaban J connectivity index is 1.93. The minimum atomic E-state index is -4.37. The molecule has 0 saturated carbocycles. The molecule has 0 radical (unpaired) electrons. The fourth-order valence-electron chi connectivity index (χ4n) is 2.06. The van der Waals surface area contributed by atoms with E-state index < -0.39 is 11.7 Å². The maximum absolute atomic E-state index is 12.6. The summed E-state index contributed by atoms with van der Waals surface area (Å²) >= 11 is 3.20. The zero-order valence-electron chi connectivity index (χ0n) is 13.3. The molecule has 5 nitrogen and oxygen atoms in total. The molecule has 134 valence electrons. The van der Waals surface area contributed by atoms with Gasteiger partial charge in [-0.05, 0) is 46.6 Å². The van der Waals surface area contributed by atoms with Gasteiger partial charge in [-0.3, -0.25) is 10.1 Å². The van der Waals surface area contributed by atoms with E-state index in [-0.39, 0.29) is 24.3 Å². The van der Waals surface area contributed by atoms with Gasteiger partial charge in [-0.25, -0.2) is 9.97 Å². The van der Waals surface area contributed by atoms with Gasteiger partial charge in [0.1, 0.15) is 0 Å². The van der Waals surface area contributed by atoms with Gasteiger partial charge in [-0.2, -0.15) is 13.2 Å². The molecule has 1 aromatic carbocycles. The van der Waals surface area contributed by atoms with Gasteiger partial charge in [-0.15, -0.1) is 0 Å². The van der Waals surface area contributed by atoms with Gasteiger partial charge < -0.3 is 5.32 Å². The van der Waals surface area contributed by atoms with Crippen LogP contribution in [0.2, 0.25) is 0 Å². The van der Waals surface area contributed by atoms with Crippen LogP contribution in [0, 0.1) is 0 Å². The third-order valence-corrected chi connectivity index (χ3v) is 3.79. The molecule has 25 heavy (non-hydrogen) atoms. The summed E-state index contributed by atoms with van der Waals surface area (Å²) in [6.45, 7) is 1.88. The molecule has 1 amide bonds. The number of amides is 1. The van der Waals surface area contributed by atoms with Gasteiger partial charge in [0, 0.05) is 30.5 Å². The smallest absolute Gasteiger partial charge is 0.382 e. The van der Waals surface area contributed by atoms with Crippen molar-refractivity contribution in [3.8, 4) is 0 Å². The molecular formula is C16H16BrF3N4O. The first-order chi connectivity index (χ1) is 11.8. The van der Waals surface area contributed by atoms with E-state index in [0.29, 0.717) is 16.6 Å². The number of rotatable bonds is 6. The summed E-state index contributed by atoms with van der Waals surface area (Å²) in [5.41, 5.74) is -0.191. The molecule has 0 fully saturated rings. The highest BCUT2D eigenvalue weighted by molar-refractivity contribution is 9.10. The van der Waals surface area contributed by atoms with Crippen molar-refractivity contribution in [3.05, 3.63) is 46.7 Å². The molecule has 0 saturated heterocycles. The summed E-state index contributed by atoms with van der Waals surface area (Å²) in [6, 6.07) is 4.48. The number of hydrogen-bond donors (Lipinski definition) is 2. The monoisotopic (exact) mass is 416 g/mol. The average molecular weight is 417 g/mol. The van der Waals surface area contributed by atoms with E-state index in [0.717, 1.165) is 12.1 Å². The number of nitrogens with one attached hydrogen (secondary N) is 2. The van der Waals surface area contributed by atoms with Gasteiger partial charge in [0.2, 0.25) is 11.9 Å². The highest BCUT2D eigenvalue weighted by Crippen LogP contribution is 2.30. The fourth-order valence-corrected chi connectivity index (χ4v) is 2.27. The van der Waals surface area contributed by atoms with Crippen LogP contribution in [-0.2, 0) is 11.0 Å². The number of anilines is 2. The number of hydrogen-bond acceptors (Lipinski definition) is 4. The number of nitrogens with zero attached hydrogens (tertiary/aromatic N) is 2. The summed E-state index contributed by atoms with van der Waals surface area (Å²) in [5, 5.41) is 5.63. The van der Waals surface area contributed by atoms with Crippen LogP contribution in [0.1, 0.15) is 25.3 Å². The van der Waals surface area contributed by atoms with Gasteiger partial charge in [0.05, 0.1) is 10.0 Å². The standard InChI is InChI=1S/C16H16BrF3N4O/c1-2-12(7-14(25)24-15-21-8-11(17)9-22-15)23-13-5-3-10(4-6-13)16(18,19)20/h3-6,8-9,12,23H,2,7H2,1H3,(H,21,22,24,25)/t12-/m1/s1. The molecule has 0 aliphatic rings. The van der Waals surface area contributed by atoms with Crippen LogP contribution in [-0.4, -0.2) is 21.9 Å². The number of carbonyl (C=O) groups is 1. The van der Waals surface area contributed by atoms with E-state index in [9.17, 15) is 18.0 Å². The Bertz CT molecular complexity index is 705. The SMILES string of the molecule is CC[C@H](CC(=O)Nc1ncc(Br)cn1)Nc1ccc(C(F)(F)F)cc1. The van der Waals surface area contributed by atoms with Gasteiger partial charge >= 0.3 is 6.18 Å². The van der Waals surface area contributed by atoms with E-state index in [1.807, 2.05) is 6.92 Å². The number of benzene rings is 1. The molecule has 2 rings (SSSR count). The van der Waals surface area contributed by atoms with Crippen molar-refractivity contribution >= 4 is 33.5 Å². The van der Waals surface area contributed by atoms with Crippen LogP contribution in [0.4, 0.5) is 24.8 Å². The van der Waals surface area contributed by atoms with Crippen molar-refractivity contribution in [1.82, 2.24) is 9.97 Å². The Morgan fingerprint density at radius 1 is 1.20 bits per heavy atom. The van der Waals surface area contributed by atoms with E-state index in [1.165, 1.54) is 24.5 Å². The lowest BCUT2D eigenvalue weighted by Gasteiger charge is -2.18. The predicted molar refractivity (Wildman–Crippen MR) is 92.1 cm³/mol. The molecule has 1 heterocycles. The second-order valence-corrected chi connectivity index (χ2v) is 6.22. The zero-order valence-corrected chi connectivity index (χ0v) is 14.9. The van der Waals surface area contributed by atoms with Crippen molar-refractivity contribution < 1.29 is 18.0 Å². The van der Waals surface area contributed by atoms with Crippen molar-refractivity contribution in [2.75, 3.05) is 10.6 Å². The summed E-state index contributed by atoms with van der Waals surface area (Å²) in [7, 11) is 0. The first-order valence-corrected chi connectivity index (χ1v) is 8.28. The number of halogens is 4. The van der Waals surface area contributed by atoms with E-state index in [2.05, 4.69) is 36.5 Å². The number of aromatic nitrogens is 2. The fraction of sp³-hybridized carbons (Fsp3) is 0.312. The Morgan fingerprint density at radius 3 is 2.32 bits per heavy atom. The van der Waals surface area contributed by atoms with Crippen LogP contribution >= 0.6 is 15.9 Å². The molecule has 0 spiro atoms. The first kappa shape index (κ1) is 19.2. The average Bonchev–Trinajstić information content (AvgIpc) is 2.56. The lowest BCUT2D eigenvalue weighted by Crippen LogP contribution is -2.26. The number of carbonyl (C=O) groups excluding carboxylic acids is 1. The molecule has 0 aliphatic heterocycles. The predicted octanol–water partition coefficient (Wildman–Crippen LogP) is 4.48. The highest BCUT2D eigenvalue weighted by Gasteiger charge is 2.30. The van der Waals surface area contributed by atoms with Crippen molar-refractivity contribution in [2.45, 2.75) is 32.0 Å². The second kappa shape index (κ2) is 8.28. The summed E-state index contributed by atoms with van der Waals surface area (Å²) < 4.78 is 38.4. The molecular weight excluding hydrogens is 401 g/mol. The van der Waals surface area contributed by atoms with Crippen LogP contribution in [0.25, 0.3) is 0 Å². The van der Waals surface area contributed by atoms with Gasteiger partial charge in [0.15, 0.2) is 0 Å². The van der Waals surface area contributed by atoms with E-state index in [4.69, 9.17) is 0 Å². The summed E-state index contributed by atoms with van der Waals surface area (Å²) in [4.78, 5) is 20.0. The van der Waals surface area contributed by atoms with Crippen molar-refractivity contribution in [3.63, 3.8) is 0 Å². The van der Waals surface area contributed by atoms with Crippen LogP contribution in [0.15, 0.2) is 41.1 Å². The largest absolute Gasteiger partial charge is 0.416 e.